The Morgan fingerprint density at radius 3 is 2.91 bits per heavy atom. The second kappa shape index (κ2) is 5.86. The van der Waals surface area contributed by atoms with Crippen LogP contribution >= 0.6 is 0 Å². The summed E-state index contributed by atoms with van der Waals surface area (Å²) < 4.78 is 11.8. The van der Waals surface area contributed by atoms with E-state index in [1.54, 1.807) is 0 Å². The van der Waals surface area contributed by atoms with Gasteiger partial charge in [0.1, 0.15) is 6.10 Å². The second-order valence-corrected chi connectivity index (χ2v) is 6.21. The highest BCUT2D eigenvalue weighted by atomic mass is 16.5. The van der Waals surface area contributed by atoms with Crippen LogP contribution in [0, 0.1) is 6.92 Å². The van der Waals surface area contributed by atoms with Gasteiger partial charge in [0.05, 0.1) is 18.2 Å². The van der Waals surface area contributed by atoms with Crippen molar-refractivity contribution in [3.63, 3.8) is 0 Å². The summed E-state index contributed by atoms with van der Waals surface area (Å²) in [5.41, 5.74) is 3.59. The van der Waals surface area contributed by atoms with Crippen LogP contribution in [0.25, 0.3) is 10.9 Å². The third-order valence-corrected chi connectivity index (χ3v) is 4.76. The van der Waals surface area contributed by atoms with E-state index >= 15 is 0 Å². The van der Waals surface area contributed by atoms with Gasteiger partial charge in [0, 0.05) is 37.0 Å². The Kier molecular flexibility index (Phi) is 3.72. The van der Waals surface area contributed by atoms with Crippen molar-refractivity contribution in [3.05, 3.63) is 36.0 Å². The van der Waals surface area contributed by atoms with Crippen molar-refractivity contribution in [2.45, 2.75) is 32.0 Å². The van der Waals surface area contributed by atoms with Crippen LogP contribution < -0.4 is 4.90 Å². The van der Waals surface area contributed by atoms with Gasteiger partial charge in [0.15, 0.2) is 0 Å². The average Bonchev–Trinajstić information content (AvgIpc) is 3.09. The lowest BCUT2D eigenvalue weighted by Crippen LogP contribution is -2.47. The van der Waals surface area contributed by atoms with Crippen LogP contribution in [0.5, 0.6) is 0 Å². The molecule has 116 valence electrons. The number of benzene rings is 1. The van der Waals surface area contributed by atoms with Gasteiger partial charge in [-0.3, -0.25) is 4.98 Å². The highest BCUT2D eigenvalue weighted by Gasteiger charge is 2.31. The molecule has 4 nitrogen and oxygen atoms in total. The zero-order valence-corrected chi connectivity index (χ0v) is 13.0. The predicted octanol–water partition coefficient (Wildman–Crippen LogP) is 2.93. The molecule has 0 aliphatic carbocycles. The van der Waals surface area contributed by atoms with Gasteiger partial charge in [-0.05, 0) is 31.4 Å². The van der Waals surface area contributed by atoms with E-state index in [-0.39, 0.29) is 12.2 Å². The molecule has 1 aromatic heterocycles. The molecule has 22 heavy (non-hydrogen) atoms. The first-order chi connectivity index (χ1) is 10.8. The summed E-state index contributed by atoms with van der Waals surface area (Å²) in [6.07, 6.45) is 4.64. The first-order valence-corrected chi connectivity index (χ1v) is 8.15. The number of hydrogen-bond acceptors (Lipinski definition) is 4. The maximum atomic E-state index is 5.97. The van der Waals surface area contributed by atoms with Crippen LogP contribution in [0.1, 0.15) is 18.4 Å². The van der Waals surface area contributed by atoms with E-state index in [0.717, 1.165) is 44.7 Å². The molecule has 0 spiro atoms. The van der Waals surface area contributed by atoms with E-state index in [2.05, 4.69) is 41.1 Å². The van der Waals surface area contributed by atoms with Gasteiger partial charge in [-0.25, -0.2) is 0 Å². The number of ether oxygens (including phenoxy) is 2. The third-order valence-electron chi connectivity index (χ3n) is 4.76. The molecule has 3 heterocycles. The molecule has 0 saturated carbocycles. The smallest absolute Gasteiger partial charge is 0.101 e. The fourth-order valence-electron chi connectivity index (χ4n) is 3.60. The summed E-state index contributed by atoms with van der Waals surface area (Å²) >= 11 is 0. The molecule has 0 N–H and O–H groups in total. The first-order valence-electron chi connectivity index (χ1n) is 8.15. The zero-order valence-electron chi connectivity index (χ0n) is 13.0. The van der Waals surface area contributed by atoms with Gasteiger partial charge < -0.3 is 14.4 Å². The van der Waals surface area contributed by atoms with E-state index in [1.807, 2.05) is 6.20 Å². The molecule has 2 atom stereocenters. The van der Waals surface area contributed by atoms with Crippen molar-refractivity contribution in [2.75, 3.05) is 31.2 Å². The number of aryl methyl sites for hydroxylation is 1. The molecular formula is C18H22N2O2. The predicted molar refractivity (Wildman–Crippen MR) is 87.4 cm³/mol. The molecule has 2 unspecified atom stereocenters. The minimum atomic E-state index is 0.185. The molecule has 1 aromatic carbocycles. The lowest BCUT2D eigenvalue weighted by atomic mass is 10.1. The number of anilines is 1. The number of rotatable bonds is 2. The maximum absolute atomic E-state index is 5.97. The largest absolute Gasteiger partial charge is 0.375 e. The van der Waals surface area contributed by atoms with Gasteiger partial charge in [0.25, 0.3) is 0 Å². The maximum Gasteiger partial charge on any atom is 0.101 e. The topological polar surface area (TPSA) is 34.6 Å². The van der Waals surface area contributed by atoms with Crippen molar-refractivity contribution in [3.8, 4) is 0 Å². The molecule has 2 aliphatic rings. The number of morpholine rings is 1. The minimum absolute atomic E-state index is 0.185. The number of para-hydroxylation sites is 1. The Morgan fingerprint density at radius 2 is 2.05 bits per heavy atom. The number of fused-ring (bicyclic) bond motifs is 1. The number of nitrogens with zero attached hydrogens (tertiary/aromatic N) is 2. The first kappa shape index (κ1) is 14.0. The Morgan fingerprint density at radius 1 is 1.14 bits per heavy atom. The number of pyridine rings is 1. The van der Waals surface area contributed by atoms with Gasteiger partial charge in [0.2, 0.25) is 0 Å². The van der Waals surface area contributed by atoms with Gasteiger partial charge in [-0.1, -0.05) is 18.2 Å². The summed E-state index contributed by atoms with van der Waals surface area (Å²) in [7, 11) is 0. The highest BCUT2D eigenvalue weighted by Crippen LogP contribution is 2.30. The molecule has 4 heteroatoms. The fourth-order valence-corrected chi connectivity index (χ4v) is 3.60. The van der Waals surface area contributed by atoms with Crippen molar-refractivity contribution >= 4 is 16.6 Å². The summed E-state index contributed by atoms with van der Waals surface area (Å²) in [4.78, 5) is 6.98. The normalized spacial score (nSPS) is 25.8. The Labute approximate surface area is 131 Å². The SMILES string of the molecule is Cc1cccc2c(N3CCOC(C4CCCO4)C3)ccnc12. The second-order valence-electron chi connectivity index (χ2n) is 6.21. The molecule has 2 aliphatic heterocycles. The lowest BCUT2D eigenvalue weighted by Gasteiger charge is -2.37. The van der Waals surface area contributed by atoms with E-state index in [1.165, 1.54) is 16.6 Å². The third kappa shape index (κ3) is 2.46. The van der Waals surface area contributed by atoms with Crippen LogP contribution in [0.2, 0.25) is 0 Å². The summed E-state index contributed by atoms with van der Waals surface area (Å²) in [6, 6.07) is 8.52. The molecule has 0 bridgehead atoms. The molecule has 0 radical (unpaired) electrons. The lowest BCUT2D eigenvalue weighted by molar-refractivity contribution is -0.0542. The van der Waals surface area contributed by atoms with Gasteiger partial charge in [-0.15, -0.1) is 0 Å². The fraction of sp³-hybridized carbons (Fsp3) is 0.500. The Bertz CT molecular complexity index is 667. The van der Waals surface area contributed by atoms with E-state index in [0.29, 0.717) is 0 Å². The molecule has 2 fully saturated rings. The average molecular weight is 298 g/mol. The van der Waals surface area contributed by atoms with Crippen molar-refractivity contribution in [2.24, 2.45) is 0 Å². The standard InChI is InChI=1S/C18H22N2O2/c1-13-4-2-5-14-15(7-8-19-18(13)14)20-9-11-22-17(12-20)16-6-3-10-21-16/h2,4-5,7-8,16-17H,3,6,9-12H2,1H3. The number of aromatic nitrogens is 1. The molecule has 2 aromatic rings. The molecule has 4 rings (SSSR count). The van der Waals surface area contributed by atoms with Crippen molar-refractivity contribution < 1.29 is 9.47 Å². The summed E-state index contributed by atoms with van der Waals surface area (Å²) in [6.45, 7) is 5.59. The van der Waals surface area contributed by atoms with Crippen LogP contribution in [0.3, 0.4) is 0 Å². The minimum Gasteiger partial charge on any atom is -0.375 e. The van der Waals surface area contributed by atoms with E-state index in [9.17, 15) is 0 Å². The van der Waals surface area contributed by atoms with Crippen molar-refractivity contribution in [1.82, 2.24) is 4.98 Å². The van der Waals surface area contributed by atoms with Gasteiger partial charge >= 0.3 is 0 Å². The van der Waals surface area contributed by atoms with E-state index < -0.39 is 0 Å². The van der Waals surface area contributed by atoms with Crippen molar-refractivity contribution in [1.29, 1.82) is 0 Å². The Balaban J connectivity index is 1.65. The van der Waals surface area contributed by atoms with E-state index in [4.69, 9.17) is 9.47 Å². The molecule has 0 amide bonds. The molecule has 2 saturated heterocycles. The van der Waals surface area contributed by atoms with Gasteiger partial charge in [-0.2, -0.15) is 0 Å². The van der Waals surface area contributed by atoms with Crippen LogP contribution in [0.4, 0.5) is 5.69 Å². The van der Waals surface area contributed by atoms with Crippen LogP contribution in [-0.2, 0) is 9.47 Å². The summed E-state index contributed by atoms with van der Waals surface area (Å²) in [5.74, 6) is 0. The zero-order chi connectivity index (χ0) is 14.9. The highest BCUT2D eigenvalue weighted by molar-refractivity contribution is 5.93. The quantitative estimate of drug-likeness (QED) is 0.854. The molecular weight excluding hydrogens is 276 g/mol. The van der Waals surface area contributed by atoms with Crippen LogP contribution in [-0.4, -0.2) is 43.5 Å². The monoisotopic (exact) mass is 298 g/mol. The van der Waals surface area contributed by atoms with Crippen LogP contribution in [0.15, 0.2) is 30.5 Å². The Hall–Kier alpha value is -1.65. The number of hydrogen-bond donors (Lipinski definition) is 0. The summed E-state index contributed by atoms with van der Waals surface area (Å²) in [5, 5.41) is 1.23.